The molecule has 12 heavy (non-hydrogen) atoms. The lowest BCUT2D eigenvalue weighted by Crippen LogP contribution is -1.95. The minimum Gasteiger partial charge on any atom is -0.390 e. The van der Waals surface area contributed by atoms with Crippen LogP contribution < -0.4 is 0 Å². The highest BCUT2D eigenvalue weighted by Crippen LogP contribution is 2.09. The Labute approximate surface area is 70.3 Å². The van der Waals surface area contributed by atoms with E-state index in [0.29, 0.717) is 0 Å². The van der Waals surface area contributed by atoms with E-state index in [-0.39, 0.29) is 6.61 Å². The lowest BCUT2D eigenvalue weighted by Gasteiger charge is -2.01. The molecule has 3 heteroatoms. The van der Waals surface area contributed by atoms with E-state index in [1.54, 1.807) is 6.20 Å². The molecule has 1 N–H and O–H groups in total. The zero-order chi connectivity index (χ0) is 8.55. The van der Waals surface area contributed by atoms with Crippen LogP contribution in [0.3, 0.4) is 0 Å². The maximum absolute atomic E-state index is 8.99. The van der Waals surface area contributed by atoms with Gasteiger partial charge in [0.05, 0.1) is 18.5 Å². The van der Waals surface area contributed by atoms with Crippen molar-refractivity contribution in [2.45, 2.75) is 13.5 Å². The van der Waals surface area contributed by atoms with Crippen LogP contribution in [0.25, 0.3) is 5.65 Å². The molecule has 0 saturated carbocycles. The van der Waals surface area contributed by atoms with Crippen LogP contribution in [0.15, 0.2) is 24.4 Å². The molecule has 2 aromatic rings. The van der Waals surface area contributed by atoms with Crippen molar-refractivity contribution in [3.05, 3.63) is 35.8 Å². The van der Waals surface area contributed by atoms with Crippen LogP contribution in [-0.2, 0) is 6.61 Å². The first-order valence-corrected chi connectivity index (χ1v) is 3.86. The van der Waals surface area contributed by atoms with Gasteiger partial charge in [0.15, 0.2) is 0 Å². The smallest absolute Gasteiger partial charge is 0.137 e. The van der Waals surface area contributed by atoms with Crippen LogP contribution in [0.4, 0.5) is 0 Å². The molecule has 0 aromatic carbocycles. The first kappa shape index (κ1) is 7.31. The normalized spacial score (nSPS) is 10.8. The lowest BCUT2D eigenvalue weighted by atomic mass is 10.3. The zero-order valence-electron chi connectivity index (χ0n) is 6.86. The van der Waals surface area contributed by atoms with Crippen molar-refractivity contribution < 1.29 is 5.11 Å². The second kappa shape index (κ2) is 2.60. The standard InChI is InChI=1S/C9H10N2O/c1-7-3-2-4-9-10-5-8(6-12)11(7)9/h2-5,12H,6H2,1H3. The van der Waals surface area contributed by atoms with E-state index in [1.807, 2.05) is 29.5 Å². The van der Waals surface area contributed by atoms with Crippen LogP contribution in [-0.4, -0.2) is 14.5 Å². The van der Waals surface area contributed by atoms with Gasteiger partial charge in [-0.25, -0.2) is 4.98 Å². The van der Waals surface area contributed by atoms with E-state index in [1.165, 1.54) is 0 Å². The Hall–Kier alpha value is -1.35. The summed E-state index contributed by atoms with van der Waals surface area (Å²) in [4.78, 5) is 4.15. The van der Waals surface area contributed by atoms with Crippen LogP contribution >= 0.6 is 0 Å². The van der Waals surface area contributed by atoms with E-state index in [9.17, 15) is 0 Å². The predicted molar refractivity (Wildman–Crippen MR) is 45.9 cm³/mol. The third-order valence-electron chi connectivity index (χ3n) is 1.96. The van der Waals surface area contributed by atoms with Crippen LogP contribution in [0, 0.1) is 6.92 Å². The number of fused-ring (bicyclic) bond motifs is 1. The number of aryl methyl sites for hydroxylation is 1. The van der Waals surface area contributed by atoms with Crippen molar-refractivity contribution >= 4 is 5.65 Å². The highest BCUT2D eigenvalue weighted by atomic mass is 16.3. The lowest BCUT2D eigenvalue weighted by molar-refractivity contribution is 0.275. The Morgan fingerprint density at radius 1 is 1.50 bits per heavy atom. The summed E-state index contributed by atoms with van der Waals surface area (Å²) < 4.78 is 1.94. The van der Waals surface area contributed by atoms with Gasteiger partial charge in [0.1, 0.15) is 5.65 Å². The fraction of sp³-hybridized carbons (Fsp3) is 0.222. The van der Waals surface area contributed by atoms with Crippen molar-refractivity contribution in [2.75, 3.05) is 0 Å². The molecule has 0 spiro atoms. The van der Waals surface area contributed by atoms with E-state index in [4.69, 9.17) is 5.11 Å². The van der Waals surface area contributed by atoms with Crippen molar-refractivity contribution in [3.8, 4) is 0 Å². The molecule has 2 aromatic heterocycles. The molecule has 2 rings (SSSR count). The minimum absolute atomic E-state index is 0.0337. The third-order valence-corrected chi connectivity index (χ3v) is 1.96. The molecular weight excluding hydrogens is 152 g/mol. The van der Waals surface area contributed by atoms with Crippen LogP contribution in [0.2, 0.25) is 0 Å². The maximum Gasteiger partial charge on any atom is 0.137 e. The fourth-order valence-electron chi connectivity index (χ4n) is 1.39. The number of imidazole rings is 1. The fourth-order valence-corrected chi connectivity index (χ4v) is 1.39. The SMILES string of the molecule is Cc1cccc2ncc(CO)n12. The average Bonchev–Trinajstić information content (AvgIpc) is 2.49. The molecule has 2 heterocycles. The largest absolute Gasteiger partial charge is 0.390 e. The Kier molecular flexibility index (Phi) is 1.59. The molecule has 0 bridgehead atoms. The van der Waals surface area contributed by atoms with Gasteiger partial charge in [-0.2, -0.15) is 0 Å². The number of aromatic nitrogens is 2. The molecule has 0 aliphatic rings. The molecule has 0 aliphatic heterocycles. The van der Waals surface area contributed by atoms with Crippen molar-refractivity contribution in [1.29, 1.82) is 0 Å². The molecule has 0 amide bonds. The number of pyridine rings is 1. The van der Waals surface area contributed by atoms with E-state index in [0.717, 1.165) is 17.0 Å². The average molecular weight is 162 g/mol. The second-order valence-corrected chi connectivity index (χ2v) is 2.77. The molecule has 0 atom stereocenters. The van der Waals surface area contributed by atoms with Gasteiger partial charge in [0.2, 0.25) is 0 Å². The summed E-state index contributed by atoms with van der Waals surface area (Å²) in [6.45, 7) is 2.03. The van der Waals surface area contributed by atoms with Gasteiger partial charge in [0, 0.05) is 5.69 Å². The number of rotatable bonds is 1. The van der Waals surface area contributed by atoms with E-state index < -0.39 is 0 Å². The molecule has 3 nitrogen and oxygen atoms in total. The molecular formula is C9H10N2O. The van der Waals surface area contributed by atoms with E-state index in [2.05, 4.69) is 4.98 Å². The van der Waals surface area contributed by atoms with Crippen molar-refractivity contribution in [3.63, 3.8) is 0 Å². The van der Waals surface area contributed by atoms with Gasteiger partial charge in [-0.05, 0) is 19.1 Å². The monoisotopic (exact) mass is 162 g/mol. The molecule has 0 saturated heterocycles. The van der Waals surface area contributed by atoms with Crippen molar-refractivity contribution in [1.82, 2.24) is 9.38 Å². The van der Waals surface area contributed by atoms with Gasteiger partial charge in [-0.1, -0.05) is 6.07 Å². The van der Waals surface area contributed by atoms with Gasteiger partial charge >= 0.3 is 0 Å². The number of aliphatic hydroxyl groups excluding tert-OH is 1. The summed E-state index contributed by atoms with van der Waals surface area (Å²) >= 11 is 0. The van der Waals surface area contributed by atoms with E-state index >= 15 is 0 Å². The zero-order valence-corrected chi connectivity index (χ0v) is 6.86. The Bertz CT molecular complexity index is 406. The Balaban J connectivity index is 2.83. The highest BCUT2D eigenvalue weighted by Gasteiger charge is 2.02. The summed E-state index contributed by atoms with van der Waals surface area (Å²) in [5.41, 5.74) is 2.82. The number of nitrogens with zero attached hydrogens (tertiary/aromatic N) is 2. The number of aliphatic hydroxyl groups is 1. The third kappa shape index (κ3) is 0.905. The van der Waals surface area contributed by atoms with Gasteiger partial charge < -0.3 is 5.11 Å². The summed E-state index contributed by atoms with van der Waals surface area (Å²) in [7, 11) is 0. The molecule has 0 unspecified atom stereocenters. The van der Waals surface area contributed by atoms with Crippen LogP contribution in [0.1, 0.15) is 11.4 Å². The van der Waals surface area contributed by atoms with Gasteiger partial charge in [-0.3, -0.25) is 4.40 Å². The van der Waals surface area contributed by atoms with Gasteiger partial charge in [-0.15, -0.1) is 0 Å². The maximum atomic E-state index is 8.99. The van der Waals surface area contributed by atoms with Gasteiger partial charge in [0.25, 0.3) is 0 Å². The van der Waals surface area contributed by atoms with Crippen LogP contribution in [0.5, 0.6) is 0 Å². The summed E-state index contributed by atoms with van der Waals surface area (Å²) in [5.74, 6) is 0. The predicted octanol–water partition coefficient (Wildman–Crippen LogP) is 1.14. The minimum atomic E-state index is 0.0337. The Morgan fingerprint density at radius 2 is 2.33 bits per heavy atom. The molecule has 0 radical (unpaired) electrons. The topological polar surface area (TPSA) is 37.5 Å². The summed E-state index contributed by atoms with van der Waals surface area (Å²) in [5, 5.41) is 8.99. The summed E-state index contributed by atoms with van der Waals surface area (Å²) in [6, 6.07) is 5.87. The molecule has 0 fully saturated rings. The second-order valence-electron chi connectivity index (χ2n) is 2.77. The quantitative estimate of drug-likeness (QED) is 0.682. The first-order chi connectivity index (χ1) is 5.83. The first-order valence-electron chi connectivity index (χ1n) is 3.86. The molecule has 0 aliphatic carbocycles. The number of hydrogen-bond donors (Lipinski definition) is 1. The number of hydrogen-bond acceptors (Lipinski definition) is 2. The highest BCUT2D eigenvalue weighted by molar-refractivity contribution is 5.41. The Morgan fingerprint density at radius 3 is 3.08 bits per heavy atom. The summed E-state index contributed by atoms with van der Waals surface area (Å²) in [6.07, 6.45) is 1.70. The van der Waals surface area contributed by atoms with Crippen molar-refractivity contribution in [2.24, 2.45) is 0 Å². The molecule has 62 valence electrons.